The highest BCUT2D eigenvalue weighted by Crippen LogP contribution is 2.29. The van der Waals surface area contributed by atoms with Gasteiger partial charge in [-0.25, -0.2) is 4.98 Å². The Morgan fingerprint density at radius 1 is 1.50 bits per heavy atom. The number of halogens is 1. The molecule has 0 saturated carbocycles. The molecule has 5 heteroatoms. The standard InChI is InChI=1S/C11H16ClN3O/c1-11(16)2-4-15(5-3-11)10-9(13)6-8(12)7-14-10/h6-7,16H,2-5,13H2,1H3. The van der Waals surface area contributed by atoms with Crippen LogP contribution in [0.4, 0.5) is 11.5 Å². The van der Waals surface area contributed by atoms with Crippen LogP contribution in [0.5, 0.6) is 0 Å². The van der Waals surface area contributed by atoms with Crippen molar-refractivity contribution in [2.45, 2.75) is 25.4 Å². The van der Waals surface area contributed by atoms with Crippen molar-refractivity contribution in [2.24, 2.45) is 0 Å². The molecule has 0 unspecified atom stereocenters. The molecule has 0 spiro atoms. The van der Waals surface area contributed by atoms with Gasteiger partial charge < -0.3 is 15.7 Å². The van der Waals surface area contributed by atoms with E-state index in [-0.39, 0.29) is 0 Å². The second-order valence-electron chi connectivity index (χ2n) is 4.55. The maximum Gasteiger partial charge on any atom is 0.151 e. The summed E-state index contributed by atoms with van der Waals surface area (Å²) in [5.41, 5.74) is 5.90. The van der Waals surface area contributed by atoms with Crippen LogP contribution < -0.4 is 10.6 Å². The van der Waals surface area contributed by atoms with Crippen LogP contribution in [0.1, 0.15) is 19.8 Å². The van der Waals surface area contributed by atoms with Crippen molar-refractivity contribution >= 4 is 23.1 Å². The van der Waals surface area contributed by atoms with Crippen molar-refractivity contribution in [3.05, 3.63) is 17.3 Å². The number of aromatic nitrogens is 1. The van der Waals surface area contributed by atoms with Crippen LogP contribution in [0.3, 0.4) is 0 Å². The van der Waals surface area contributed by atoms with Gasteiger partial charge in [-0.05, 0) is 25.8 Å². The molecule has 1 aliphatic heterocycles. The average Bonchev–Trinajstić information content (AvgIpc) is 2.19. The fourth-order valence-electron chi connectivity index (χ4n) is 1.91. The number of piperidine rings is 1. The van der Waals surface area contributed by atoms with Gasteiger partial charge in [0.25, 0.3) is 0 Å². The van der Waals surface area contributed by atoms with Crippen molar-refractivity contribution in [1.29, 1.82) is 0 Å². The molecule has 0 radical (unpaired) electrons. The number of pyridine rings is 1. The van der Waals surface area contributed by atoms with Crippen molar-refractivity contribution in [3.8, 4) is 0 Å². The Balaban J connectivity index is 2.14. The van der Waals surface area contributed by atoms with Gasteiger partial charge in [-0.3, -0.25) is 0 Å². The Morgan fingerprint density at radius 2 is 2.12 bits per heavy atom. The molecule has 1 aromatic heterocycles. The van der Waals surface area contributed by atoms with E-state index in [2.05, 4.69) is 9.88 Å². The number of anilines is 2. The zero-order chi connectivity index (χ0) is 11.8. The summed E-state index contributed by atoms with van der Waals surface area (Å²) in [5, 5.41) is 10.4. The summed E-state index contributed by atoms with van der Waals surface area (Å²) in [5.74, 6) is 0.764. The minimum atomic E-state index is -0.558. The second-order valence-corrected chi connectivity index (χ2v) is 4.99. The predicted molar refractivity (Wildman–Crippen MR) is 65.7 cm³/mol. The lowest BCUT2D eigenvalue weighted by molar-refractivity contribution is 0.0350. The predicted octanol–water partition coefficient (Wildman–Crippen LogP) is 1.67. The maximum atomic E-state index is 9.85. The van der Waals surface area contributed by atoms with E-state index in [1.165, 1.54) is 0 Å². The molecule has 1 fully saturated rings. The highest BCUT2D eigenvalue weighted by Gasteiger charge is 2.28. The lowest BCUT2D eigenvalue weighted by Crippen LogP contribution is -2.43. The maximum absolute atomic E-state index is 9.85. The van der Waals surface area contributed by atoms with Crippen LogP contribution in [-0.2, 0) is 0 Å². The van der Waals surface area contributed by atoms with Gasteiger partial charge in [-0.1, -0.05) is 11.6 Å². The number of hydrogen-bond donors (Lipinski definition) is 2. The first kappa shape index (κ1) is 11.5. The molecule has 2 rings (SSSR count). The Hall–Kier alpha value is -1.00. The van der Waals surface area contributed by atoms with Gasteiger partial charge >= 0.3 is 0 Å². The van der Waals surface area contributed by atoms with Crippen LogP contribution >= 0.6 is 11.6 Å². The fourth-order valence-corrected chi connectivity index (χ4v) is 2.08. The van der Waals surface area contributed by atoms with Crippen LogP contribution in [0, 0.1) is 0 Å². The Labute approximate surface area is 100 Å². The van der Waals surface area contributed by atoms with E-state index >= 15 is 0 Å². The van der Waals surface area contributed by atoms with Gasteiger partial charge in [0.1, 0.15) is 0 Å². The van der Waals surface area contributed by atoms with Crippen molar-refractivity contribution in [2.75, 3.05) is 23.7 Å². The first-order valence-corrected chi connectivity index (χ1v) is 5.74. The summed E-state index contributed by atoms with van der Waals surface area (Å²) in [4.78, 5) is 6.32. The normalized spacial score (nSPS) is 19.8. The lowest BCUT2D eigenvalue weighted by atomic mass is 9.94. The summed E-state index contributed by atoms with van der Waals surface area (Å²) in [7, 11) is 0. The molecular formula is C11H16ClN3O. The number of rotatable bonds is 1. The van der Waals surface area contributed by atoms with E-state index in [0.29, 0.717) is 10.7 Å². The monoisotopic (exact) mass is 241 g/mol. The number of nitrogens with zero attached hydrogens (tertiary/aromatic N) is 2. The Morgan fingerprint density at radius 3 is 2.69 bits per heavy atom. The second kappa shape index (κ2) is 4.11. The summed E-state index contributed by atoms with van der Waals surface area (Å²) >= 11 is 5.80. The summed E-state index contributed by atoms with van der Waals surface area (Å²) in [6, 6.07) is 1.70. The Kier molecular flexibility index (Phi) is 2.95. The molecule has 1 saturated heterocycles. The van der Waals surface area contributed by atoms with Gasteiger partial charge in [0.05, 0.1) is 16.3 Å². The number of aliphatic hydroxyl groups is 1. The third-order valence-electron chi connectivity index (χ3n) is 3.00. The number of hydrogen-bond acceptors (Lipinski definition) is 4. The highest BCUT2D eigenvalue weighted by molar-refractivity contribution is 6.30. The summed E-state index contributed by atoms with van der Waals surface area (Å²) < 4.78 is 0. The van der Waals surface area contributed by atoms with Gasteiger partial charge in [0.2, 0.25) is 0 Å². The van der Waals surface area contributed by atoms with Crippen molar-refractivity contribution < 1.29 is 5.11 Å². The minimum absolute atomic E-state index is 0.547. The molecule has 0 bridgehead atoms. The van der Waals surface area contributed by atoms with E-state index in [9.17, 15) is 5.11 Å². The van der Waals surface area contributed by atoms with Crippen LogP contribution in [0.15, 0.2) is 12.3 Å². The van der Waals surface area contributed by atoms with Crippen LogP contribution in [0.25, 0.3) is 0 Å². The molecule has 88 valence electrons. The Bertz CT molecular complexity index is 385. The number of nitrogens with two attached hydrogens (primary N) is 1. The van der Waals surface area contributed by atoms with Crippen LogP contribution in [0.2, 0.25) is 5.02 Å². The molecule has 2 heterocycles. The molecule has 3 N–H and O–H groups in total. The molecule has 16 heavy (non-hydrogen) atoms. The van der Waals surface area contributed by atoms with E-state index < -0.39 is 5.60 Å². The zero-order valence-corrected chi connectivity index (χ0v) is 10.0. The highest BCUT2D eigenvalue weighted by atomic mass is 35.5. The first-order chi connectivity index (χ1) is 7.48. The van der Waals surface area contributed by atoms with Gasteiger partial charge in [-0.2, -0.15) is 0 Å². The lowest BCUT2D eigenvalue weighted by Gasteiger charge is -2.36. The zero-order valence-electron chi connectivity index (χ0n) is 9.28. The molecular weight excluding hydrogens is 226 g/mol. The van der Waals surface area contributed by atoms with E-state index in [0.717, 1.165) is 31.7 Å². The fraction of sp³-hybridized carbons (Fsp3) is 0.545. The largest absolute Gasteiger partial charge is 0.396 e. The third kappa shape index (κ3) is 2.39. The van der Waals surface area contributed by atoms with E-state index in [1.807, 2.05) is 6.92 Å². The average molecular weight is 242 g/mol. The first-order valence-electron chi connectivity index (χ1n) is 5.36. The van der Waals surface area contributed by atoms with E-state index in [1.54, 1.807) is 12.3 Å². The van der Waals surface area contributed by atoms with Gasteiger partial charge in [0, 0.05) is 19.3 Å². The quantitative estimate of drug-likeness (QED) is 0.785. The number of nitrogen functional groups attached to an aromatic ring is 1. The summed E-state index contributed by atoms with van der Waals surface area (Å²) in [6.07, 6.45) is 3.06. The summed E-state index contributed by atoms with van der Waals surface area (Å²) in [6.45, 7) is 3.40. The molecule has 0 atom stereocenters. The molecule has 0 aliphatic carbocycles. The molecule has 1 aliphatic rings. The van der Waals surface area contributed by atoms with Gasteiger partial charge in [0.15, 0.2) is 5.82 Å². The smallest absolute Gasteiger partial charge is 0.151 e. The van der Waals surface area contributed by atoms with E-state index in [4.69, 9.17) is 17.3 Å². The van der Waals surface area contributed by atoms with Crippen LogP contribution in [-0.4, -0.2) is 28.8 Å². The molecule has 1 aromatic rings. The molecule has 4 nitrogen and oxygen atoms in total. The van der Waals surface area contributed by atoms with Gasteiger partial charge in [-0.15, -0.1) is 0 Å². The minimum Gasteiger partial charge on any atom is -0.396 e. The van der Waals surface area contributed by atoms with Crippen molar-refractivity contribution in [1.82, 2.24) is 4.98 Å². The third-order valence-corrected chi connectivity index (χ3v) is 3.21. The molecule has 0 aromatic carbocycles. The molecule has 0 amide bonds. The van der Waals surface area contributed by atoms with Crippen molar-refractivity contribution in [3.63, 3.8) is 0 Å². The SMILES string of the molecule is CC1(O)CCN(c2ncc(Cl)cc2N)CC1. The topological polar surface area (TPSA) is 62.4 Å².